The topological polar surface area (TPSA) is 86.2 Å². The van der Waals surface area contributed by atoms with Crippen LogP contribution in [0.4, 0.5) is 10.1 Å². The van der Waals surface area contributed by atoms with Gasteiger partial charge >= 0.3 is 0 Å². The summed E-state index contributed by atoms with van der Waals surface area (Å²) in [5, 5.41) is 4.84. The third-order valence-corrected chi connectivity index (χ3v) is 2.50. The second kappa shape index (κ2) is 3.31. The number of anilines is 1. The van der Waals surface area contributed by atoms with E-state index in [-0.39, 0.29) is 16.1 Å². The Labute approximate surface area is 75.4 Å². The Kier molecular flexibility index (Phi) is 2.53. The van der Waals surface area contributed by atoms with E-state index in [1.807, 2.05) is 0 Å². The smallest absolute Gasteiger partial charge is 0.238 e. The minimum atomic E-state index is -3.75. The number of rotatable bonds is 2. The predicted molar refractivity (Wildman–Crippen MR) is 47.0 cm³/mol. The van der Waals surface area contributed by atoms with E-state index >= 15 is 0 Å². The highest BCUT2D eigenvalue weighted by Crippen LogP contribution is 2.17. The third-order valence-electron chi connectivity index (χ3n) is 1.59. The third kappa shape index (κ3) is 2.16. The molecule has 0 saturated carbocycles. The molecule has 6 heteroatoms. The Morgan fingerprint density at radius 2 is 2.00 bits per heavy atom. The molecule has 13 heavy (non-hydrogen) atoms. The highest BCUT2D eigenvalue weighted by atomic mass is 32.2. The van der Waals surface area contributed by atoms with Gasteiger partial charge in [-0.05, 0) is 12.1 Å². The first-order valence-corrected chi connectivity index (χ1v) is 4.97. The molecule has 0 amide bonds. The molecule has 0 aliphatic carbocycles. The lowest BCUT2D eigenvalue weighted by molar-refractivity contribution is 0.486. The van der Waals surface area contributed by atoms with Crippen molar-refractivity contribution in [2.45, 2.75) is 11.6 Å². The van der Waals surface area contributed by atoms with E-state index in [0.717, 1.165) is 6.07 Å². The van der Waals surface area contributed by atoms with Gasteiger partial charge in [-0.15, -0.1) is 0 Å². The summed E-state index contributed by atoms with van der Waals surface area (Å²) in [6.07, 6.45) is 0. The summed E-state index contributed by atoms with van der Waals surface area (Å²) in [7, 11) is -3.75. The van der Waals surface area contributed by atoms with Crippen molar-refractivity contribution in [1.29, 1.82) is 0 Å². The van der Waals surface area contributed by atoms with Crippen molar-refractivity contribution in [2.75, 3.05) is 5.73 Å². The van der Waals surface area contributed by atoms with Gasteiger partial charge in [0.1, 0.15) is 6.67 Å². The number of nitrogens with two attached hydrogens (primary N) is 2. The van der Waals surface area contributed by atoms with Crippen LogP contribution in [0.15, 0.2) is 23.1 Å². The molecule has 0 fully saturated rings. The highest BCUT2D eigenvalue weighted by molar-refractivity contribution is 7.89. The molecule has 0 aliphatic heterocycles. The first-order valence-electron chi connectivity index (χ1n) is 3.42. The van der Waals surface area contributed by atoms with Crippen LogP contribution < -0.4 is 10.9 Å². The molecule has 0 unspecified atom stereocenters. The number of nitrogen functional groups attached to an aromatic ring is 1. The van der Waals surface area contributed by atoms with Crippen LogP contribution in [0.2, 0.25) is 0 Å². The van der Waals surface area contributed by atoms with E-state index in [4.69, 9.17) is 10.9 Å². The van der Waals surface area contributed by atoms with Crippen molar-refractivity contribution in [3.8, 4) is 0 Å². The molecule has 0 bridgehead atoms. The van der Waals surface area contributed by atoms with Gasteiger partial charge in [0.15, 0.2) is 0 Å². The van der Waals surface area contributed by atoms with Crippen molar-refractivity contribution in [1.82, 2.24) is 0 Å². The molecular formula is C7H9FN2O2S. The summed E-state index contributed by atoms with van der Waals surface area (Å²) in [5.41, 5.74) is 5.72. The molecule has 4 N–H and O–H groups in total. The second-order valence-electron chi connectivity index (χ2n) is 2.54. The average Bonchev–Trinajstić information content (AvgIpc) is 2.02. The molecule has 0 atom stereocenters. The standard InChI is InChI=1S/C7H9FN2O2S/c8-4-5-1-2-6(3-7(5)9)13(10,11)12/h1-3H,4,9H2,(H2,10,11,12). The van der Waals surface area contributed by atoms with Gasteiger partial charge in [0.05, 0.1) is 4.90 Å². The van der Waals surface area contributed by atoms with Crippen LogP contribution in [0.1, 0.15) is 5.56 Å². The van der Waals surface area contributed by atoms with Crippen LogP contribution >= 0.6 is 0 Å². The molecule has 1 rings (SSSR count). The van der Waals surface area contributed by atoms with Crippen LogP contribution in [-0.2, 0) is 16.7 Å². The number of primary sulfonamides is 1. The maximum Gasteiger partial charge on any atom is 0.238 e. The van der Waals surface area contributed by atoms with Gasteiger partial charge in [0.2, 0.25) is 10.0 Å². The number of benzene rings is 1. The number of hydrogen-bond donors (Lipinski definition) is 2. The SMILES string of the molecule is Nc1cc(S(N)(=O)=O)ccc1CF. The van der Waals surface area contributed by atoms with E-state index in [1.165, 1.54) is 12.1 Å². The van der Waals surface area contributed by atoms with Crippen LogP contribution in [0.25, 0.3) is 0 Å². The van der Waals surface area contributed by atoms with E-state index in [9.17, 15) is 12.8 Å². The first-order chi connectivity index (χ1) is 5.95. The minimum Gasteiger partial charge on any atom is -0.398 e. The Morgan fingerprint density at radius 3 is 2.38 bits per heavy atom. The van der Waals surface area contributed by atoms with Crippen molar-refractivity contribution < 1.29 is 12.8 Å². The Balaban J connectivity index is 3.26. The zero-order chi connectivity index (χ0) is 10.1. The molecule has 0 saturated heterocycles. The quantitative estimate of drug-likeness (QED) is 0.683. The second-order valence-corrected chi connectivity index (χ2v) is 4.10. The fourth-order valence-electron chi connectivity index (χ4n) is 0.872. The zero-order valence-corrected chi connectivity index (χ0v) is 7.51. The van der Waals surface area contributed by atoms with Crippen molar-refractivity contribution in [2.24, 2.45) is 5.14 Å². The molecule has 0 spiro atoms. The van der Waals surface area contributed by atoms with Gasteiger partial charge in [-0.3, -0.25) is 0 Å². The predicted octanol–water partition coefficient (Wildman–Crippen LogP) is 0.386. The summed E-state index contributed by atoms with van der Waals surface area (Å²) in [5.74, 6) is 0. The molecule has 72 valence electrons. The zero-order valence-electron chi connectivity index (χ0n) is 6.70. The van der Waals surface area contributed by atoms with Crippen LogP contribution in [0.3, 0.4) is 0 Å². The molecule has 0 radical (unpaired) electrons. The largest absolute Gasteiger partial charge is 0.398 e. The fourth-order valence-corrected chi connectivity index (χ4v) is 1.42. The van der Waals surface area contributed by atoms with Gasteiger partial charge in [-0.2, -0.15) is 0 Å². The highest BCUT2D eigenvalue weighted by Gasteiger charge is 2.09. The lowest BCUT2D eigenvalue weighted by Gasteiger charge is -2.03. The number of halogens is 1. The number of hydrogen-bond acceptors (Lipinski definition) is 3. The fraction of sp³-hybridized carbons (Fsp3) is 0.143. The van der Waals surface area contributed by atoms with E-state index in [2.05, 4.69) is 0 Å². The number of sulfonamides is 1. The maximum atomic E-state index is 12.2. The summed E-state index contributed by atoms with van der Waals surface area (Å²) >= 11 is 0. The monoisotopic (exact) mass is 204 g/mol. The Morgan fingerprint density at radius 1 is 1.38 bits per heavy atom. The molecule has 0 aromatic heterocycles. The molecular weight excluding hydrogens is 195 g/mol. The Hall–Kier alpha value is -1.14. The van der Waals surface area contributed by atoms with Gasteiger partial charge in [0.25, 0.3) is 0 Å². The van der Waals surface area contributed by atoms with E-state index in [0.29, 0.717) is 0 Å². The van der Waals surface area contributed by atoms with Gasteiger partial charge in [-0.1, -0.05) is 6.07 Å². The van der Waals surface area contributed by atoms with Crippen LogP contribution in [0, 0.1) is 0 Å². The summed E-state index contributed by atoms with van der Waals surface area (Å²) in [6.45, 7) is -0.725. The summed E-state index contributed by atoms with van der Waals surface area (Å²) in [6, 6.07) is 3.67. The minimum absolute atomic E-state index is 0.0917. The summed E-state index contributed by atoms with van der Waals surface area (Å²) < 4.78 is 33.8. The van der Waals surface area contributed by atoms with E-state index in [1.54, 1.807) is 0 Å². The van der Waals surface area contributed by atoms with Gasteiger partial charge in [0, 0.05) is 11.3 Å². The maximum absolute atomic E-state index is 12.2. The average molecular weight is 204 g/mol. The van der Waals surface area contributed by atoms with Crippen molar-refractivity contribution >= 4 is 15.7 Å². The van der Waals surface area contributed by atoms with Crippen molar-refractivity contribution in [3.63, 3.8) is 0 Å². The van der Waals surface area contributed by atoms with Crippen LogP contribution in [-0.4, -0.2) is 8.42 Å². The lowest BCUT2D eigenvalue weighted by Crippen LogP contribution is -2.12. The molecule has 1 aromatic carbocycles. The first kappa shape index (κ1) is 9.94. The van der Waals surface area contributed by atoms with Gasteiger partial charge < -0.3 is 5.73 Å². The van der Waals surface area contributed by atoms with Crippen LogP contribution in [0.5, 0.6) is 0 Å². The van der Waals surface area contributed by atoms with E-state index < -0.39 is 16.7 Å². The Bertz CT molecular complexity index is 417. The molecule has 4 nitrogen and oxygen atoms in total. The molecule has 0 aliphatic rings. The number of alkyl halides is 1. The normalized spacial score (nSPS) is 11.5. The van der Waals surface area contributed by atoms with Crippen molar-refractivity contribution in [3.05, 3.63) is 23.8 Å². The summed E-state index contributed by atoms with van der Waals surface area (Å²) in [4.78, 5) is -0.109. The molecule has 0 heterocycles. The molecule has 1 aromatic rings. The van der Waals surface area contributed by atoms with Gasteiger partial charge in [-0.25, -0.2) is 17.9 Å². The lowest BCUT2D eigenvalue weighted by atomic mass is 10.2.